The summed E-state index contributed by atoms with van der Waals surface area (Å²) >= 11 is 11.7. The Kier molecular flexibility index (Phi) is 4.42. The fraction of sp³-hybridized carbons (Fsp3) is 0. The summed E-state index contributed by atoms with van der Waals surface area (Å²) in [7, 11) is 0. The summed E-state index contributed by atoms with van der Waals surface area (Å²) < 4.78 is 13.5. The average Bonchev–Trinajstić information content (AvgIpc) is 2.37. The van der Waals surface area contributed by atoms with Gasteiger partial charge in [0.05, 0.1) is 5.56 Å². The highest BCUT2D eigenvalue weighted by atomic mass is 35.5. The van der Waals surface area contributed by atoms with Gasteiger partial charge in [-0.25, -0.2) is 4.39 Å². The van der Waals surface area contributed by atoms with Gasteiger partial charge in [0.15, 0.2) is 5.78 Å². The molecule has 2 aromatic carbocycles. The van der Waals surface area contributed by atoms with Crippen molar-refractivity contribution >= 4 is 35.1 Å². The quantitative estimate of drug-likeness (QED) is 0.657. The lowest BCUT2D eigenvalue weighted by Crippen LogP contribution is -1.98. The molecule has 5 heteroatoms. The van der Waals surface area contributed by atoms with Crippen LogP contribution in [0.1, 0.15) is 15.9 Å². The van der Waals surface area contributed by atoms with E-state index in [1.165, 1.54) is 24.3 Å². The van der Waals surface area contributed by atoms with Crippen LogP contribution in [0.2, 0.25) is 10.0 Å². The monoisotopic (exact) mass is 310 g/mol. The maximum Gasteiger partial charge on any atom is 0.188 e. The second-order valence-corrected chi connectivity index (χ2v) is 4.87. The number of phenolic OH excluding ortho intramolecular Hbond substituents is 1. The van der Waals surface area contributed by atoms with Crippen molar-refractivity contribution in [1.29, 1.82) is 0 Å². The summed E-state index contributed by atoms with van der Waals surface area (Å²) in [5.41, 5.74) is 0.479. The lowest BCUT2D eigenvalue weighted by atomic mass is 10.1. The van der Waals surface area contributed by atoms with Crippen molar-refractivity contribution in [3.05, 3.63) is 69.5 Å². The Hall–Kier alpha value is -1.84. The minimum Gasteiger partial charge on any atom is -0.508 e. The Morgan fingerprint density at radius 1 is 1.15 bits per heavy atom. The van der Waals surface area contributed by atoms with E-state index >= 15 is 0 Å². The van der Waals surface area contributed by atoms with Gasteiger partial charge in [0, 0.05) is 16.1 Å². The number of rotatable bonds is 3. The van der Waals surface area contributed by atoms with E-state index in [2.05, 4.69) is 0 Å². The number of phenols is 1. The molecule has 0 fully saturated rings. The molecule has 0 aromatic heterocycles. The van der Waals surface area contributed by atoms with E-state index in [0.29, 0.717) is 15.6 Å². The molecule has 0 atom stereocenters. The second-order valence-electron chi connectivity index (χ2n) is 4.03. The molecule has 0 heterocycles. The average molecular weight is 311 g/mol. The van der Waals surface area contributed by atoms with Crippen molar-refractivity contribution in [3.8, 4) is 5.75 Å². The van der Waals surface area contributed by atoms with Crippen molar-refractivity contribution in [1.82, 2.24) is 0 Å². The van der Waals surface area contributed by atoms with Crippen LogP contribution >= 0.6 is 23.2 Å². The first-order valence-corrected chi connectivity index (χ1v) is 6.39. The van der Waals surface area contributed by atoms with E-state index in [1.54, 1.807) is 18.2 Å². The summed E-state index contributed by atoms with van der Waals surface area (Å²) in [6.07, 6.45) is 2.69. The highest BCUT2D eigenvalue weighted by Gasteiger charge is 2.09. The third-order valence-electron chi connectivity index (χ3n) is 2.59. The predicted molar refractivity (Wildman–Crippen MR) is 77.9 cm³/mol. The lowest BCUT2D eigenvalue weighted by Gasteiger charge is -2.00. The van der Waals surface area contributed by atoms with E-state index in [9.17, 15) is 9.18 Å². The van der Waals surface area contributed by atoms with E-state index in [4.69, 9.17) is 28.3 Å². The van der Waals surface area contributed by atoms with Gasteiger partial charge in [-0.15, -0.1) is 0 Å². The normalized spacial score (nSPS) is 10.9. The molecule has 0 amide bonds. The van der Waals surface area contributed by atoms with Crippen LogP contribution in [0, 0.1) is 5.82 Å². The maximum absolute atomic E-state index is 13.5. The highest BCUT2D eigenvalue weighted by molar-refractivity contribution is 6.35. The van der Waals surface area contributed by atoms with Crippen molar-refractivity contribution in [2.24, 2.45) is 0 Å². The highest BCUT2D eigenvalue weighted by Crippen LogP contribution is 2.22. The molecule has 0 aliphatic carbocycles. The number of allylic oxidation sites excluding steroid dienone is 1. The Labute approximate surface area is 125 Å². The lowest BCUT2D eigenvalue weighted by molar-refractivity contribution is 0.104. The zero-order valence-corrected chi connectivity index (χ0v) is 11.6. The smallest absolute Gasteiger partial charge is 0.188 e. The molecule has 0 bridgehead atoms. The maximum atomic E-state index is 13.5. The van der Waals surface area contributed by atoms with Gasteiger partial charge >= 0.3 is 0 Å². The molecular formula is C15H9Cl2FO2. The van der Waals surface area contributed by atoms with Gasteiger partial charge in [-0.1, -0.05) is 29.3 Å². The Balaban J connectivity index is 2.24. The minimum absolute atomic E-state index is 0.121. The van der Waals surface area contributed by atoms with Crippen LogP contribution in [0.4, 0.5) is 4.39 Å². The van der Waals surface area contributed by atoms with Crippen LogP contribution in [0.25, 0.3) is 6.08 Å². The molecule has 0 aliphatic heterocycles. The Morgan fingerprint density at radius 2 is 1.90 bits per heavy atom. The third-order valence-corrected chi connectivity index (χ3v) is 3.16. The molecule has 0 saturated carbocycles. The molecular weight excluding hydrogens is 302 g/mol. The van der Waals surface area contributed by atoms with Gasteiger partial charge in [-0.3, -0.25) is 4.79 Å². The summed E-state index contributed by atoms with van der Waals surface area (Å²) in [5, 5.41) is 9.98. The number of benzene rings is 2. The third kappa shape index (κ3) is 3.38. The van der Waals surface area contributed by atoms with Crippen molar-refractivity contribution in [2.75, 3.05) is 0 Å². The van der Waals surface area contributed by atoms with E-state index in [1.807, 2.05) is 0 Å². The first-order valence-electron chi connectivity index (χ1n) is 5.63. The molecule has 2 nitrogen and oxygen atoms in total. The van der Waals surface area contributed by atoms with E-state index < -0.39 is 11.6 Å². The van der Waals surface area contributed by atoms with Crippen LogP contribution in [-0.4, -0.2) is 10.9 Å². The standard InChI is InChI=1S/C15H9Cl2FO2/c16-10-3-1-9(13(17)7-10)2-6-15(20)12-5-4-11(19)8-14(12)18/h1-8,19H/b6-2+. The number of hydrogen-bond donors (Lipinski definition) is 1. The Bertz CT molecular complexity index is 696. The van der Waals surface area contributed by atoms with Gasteiger partial charge in [0.25, 0.3) is 0 Å². The van der Waals surface area contributed by atoms with Crippen LogP contribution in [0.3, 0.4) is 0 Å². The second kappa shape index (κ2) is 6.07. The number of halogens is 3. The minimum atomic E-state index is -0.776. The fourth-order valence-electron chi connectivity index (χ4n) is 1.60. The summed E-state index contributed by atoms with van der Waals surface area (Å²) in [5.74, 6) is -1.53. The largest absolute Gasteiger partial charge is 0.508 e. The van der Waals surface area contributed by atoms with Crippen LogP contribution in [0.15, 0.2) is 42.5 Å². The van der Waals surface area contributed by atoms with Crippen LogP contribution in [-0.2, 0) is 0 Å². The van der Waals surface area contributed by atoms with E-state index in [-0.39, 0.29) is 11.3 Å². The number of carbonyl (C=O) groups excluding carboxylic acids is 1. The predicted octanol–water partition coefficient (Wildman–Crippen LogP) is 4.73. The van der Waals surface area contributed by atoms with Gasteiger partial charge in [-0.05, 0) is 42.0 Å². The molecule has 102 valence electrons. The van der Waals surface area contributed by atoms with Crippen LogP contribution < -0.4 is 0 Å². The summed E-state index contributed by atoms with van der Waals surface area (Å²) in [6.45, 7) is 0. The van der Waals surface area contributed by atoms with Gasteiger partial charge < -0.3 is 5.11 Å². The molecule has 0 radical (unpaired) electrons. The molecule has 2 rings (SSSR count). The van der Waals surface area contributed by atoms with Crippen LogP contribution in [0.5, 0.6) is 5.75 Å². The molecule has 0 aliphatic rings. The van der Waals surface area contributed by atoms with Gasteiger partial charge in [0.1, 0.15) is 11.6 Å². The first-order chi connectivity index (χ1) is 9.47. The van der Waals surface area contributed by atoms with Crippen molar-refractivity contribution in [3.63, 3.8) is 0 Å². The SMILES string of the molecule is O=C(/C=C/c1ccc(Cl)cc1Cl)c1ccc(O)cc1F. The molecule has 0 saturated heterocycles. The summed E-state index contributed by atoms with van der Waals surface area (Å²) in [6, 6.07) is 8.20. The molecule has 0 unspecified atom stereocenters. The number of hydrogen-bond acceptors (Lipinski definition) is 2. The summed E-state index contributed by atoms with van der Waals surface area (Å²) in [4.78, 5) is 11.9. The molecule has 2 aromatic rings. The van der Waals surface area contributed by atoms with E-state index in [0.717, 1.165) is 6.07 Å². The van der Waals surface area contributed by atoms with Gasteiger partial charge in [0.2, 0.25) is 0 Å². The fourth-order valence-corrected chi connectivity index (χ4v) is 2.07. The molecule has 20 heavy (non-hydrogen) atoms. The van der Waals surface area contributed by atoms with Crippen molar-refractivity contribution < 1.29 is 14.3 Å². The topological polar surface area (TPSA) is 37.3 Å². The zero-order chi connectivity index (χ0) is 14.7. The van der Waals surface area contributed by atoms with Gasteiger partial charge in [-0.2, -0.15) is 0 Å². The Morgan fingerprint density at radius 3 is 2.55 bits per heavy atom. The zero-order valence-electron chi connectivity index (χ0n) is 10.1. The number of ketones is 1. The molecule has 1 N–H and O–H groups in total. The number of aromatic hydroxyl groups is 1. The van der Waals surface area contributed by atoms with Crippen molar-refractivity contribution in [2.45, 2.75) is 0 Å². The first kappa shape index (κ1) is 14.6. The molecule has 0 spiro atoms. The number of carbonyl (C=O) groups is 1.